The van der Waals surface area contributed by atoms with Crippen LogP contribution in [0.15, 0.2) is 24.3 Å². The molecular weight excluding hydrogens is 364 g/mol. The van der Waals surface area contributed by atoms with Crippen molar-refractivity contribution in [3.8, 4) is 0 Å². The van der Waals surface area contributed by atoms with Crippen molar-refractivity contribution in [3.05, 3.63) is 35.4 Å². The number of fused-ring (bicyclic) bond motifs is 1. The average Bonchev–Trinajstić information content (AvgIpc) is 2.91. The molecule has 5 aliphatic rings. The Bertz CT molecular complexity index is 804. The lowest BCUT2D eigenvalue weighted by Gasteiger charge is -2.57. The molecule has 3 amide bonds. The van der Waals surface area contributed by atoms with Crippen LogP contribution in [0.5, 0.6) is 0 Å². The molecule has 1 aromatic rings. The van der Waals surface area contributed by atoms with Crippen molar-refractivity contribution in [2.24, 2.45) is 29.1 Å². The molecule has 0 aromatic heterocycles. The predicted octanol–water partition coefficient (Wildman–Crippen LogP) is 3.64. The van der Waals surface area contributed by atoms with E-state index in [0.29, 0.717) is 17.7 Å². The number of nitrogens with zero attached hydrogens (tertiary/aromatic N) is 1. The predicted molar refractivity (Wildman–Crippen MR) is 109 cm³/mol. The van der Waals surface area contributed by atoms with Gasteiger partial charge in [0, 0.05) is 6.54 Å². The summed E-state index contributed by atoms with van der Waals surface area (Å²) in [4.78, 5) is 40.3. The van der Waals surface area contributed by atoms with Crippen LogP contribution < -0.4 is 5.32 Å². The molecule has 4 fully saturated rings. The number of carbonyl (C=O) groups is 3. The minimum Gasteiger partial charge on any atom is -0.354 e. The van der Waals surface area contributed by atoms with E-state index >= 15 is 0 Å². The fourth-order valence-corrected chi connectivity index (χ4v) is 7.06. The van der Waals surface area contributed by atoms with Crippen molar-refractivity contribution in [2.75, 3.05) is 6.54 Å². The molecule has 4 aliphatic carbocycles. The molecule has 0 spiro atoms. The minimum atomic E-state index is -0.767. The van der Waals surface area contributed by atoms with E-state index in [2.05, 4.69) is 5.32 Å². The highest BCUT2D eigenvalue weighted by Crippen LogP contribution is 2.59. The average molecular weight is 395 g/mol. The number of carbonyl (C=O) groups excluding carboxylic acids is 3. The van der Waals surface area contributed by atoms with Crippen LogP contribution in [-0.2, 0) is 4.79 Å². The molecule has 6 rings (SSSR count). The summed E-state index contributed by atoms with van der Waals surface area (Å²) in [5.74, 6) is 1.45. The van der Waals surface area contributed by atoms with Crippen LogP contribution in [0.25, 0.3) is 0 Å². The number of imide groups is 1. The normalized spacial score (nSPS) is 33.3. The molecule has 29 heavy (non-hydrogen) atoms. The van der Waals surface area contributed by atoms with Crippen LogP contribution >= 0.6 is 0 Å². The van der Waals surface area contributed by atoms with Crippen LogP contribution in [0.2, 0.25) is 0 Å². The SMILES string of the molecule is CC(C)C(C(=O)NCC12CC3CC(CC(C3)C1)C2)N1C(=O)c2ccccc2C1=O. The van der Waals surface area contributed by atoms with Crippen LogP contribution in [0.4, 0.5) is 0 Å². The zero-order valence-electron chi connectivity index (χ0n) is 17.3. The lowest BCUT2D eigenvalue weighted by Crippen LogP contribution is -2.56. The van der Waals surface area contributed by atoms with Gasteiger partial charge in [-0.15, -0.1) is 0 Å². The van der Waals surface area contributed by atoms with Gasteiger partial charge in [0.05, 0.1) is 11.1 Å². The van der Waals surface area contributed by atoms with E-state index in [4.69, 9.17) is 0 Å². The van der Waals surface area contributed by atoms with Crippen LogP contribution in [-0.4, -0.2) is 35.2 Å². The monoisotopic (exact) mass is 394 g/mol. The molecule has 5 nitrogen and oxygen atoms in total. The van der Waals surface area contributed by atoms with Gasteiger partial charge in [-0.05, 0) is 79.7 Å². The molecule has 1 heterocycles. The summed E-state index contributed by atoms with van der Waals surface area (Å²) < 4.78 is 0. The van der Waals surface area contributed by atoms with Crippen molar-refractivity contribution >= 4 is 17.7 Å². The second-order valence-electron chi connectivity index (χ2n) is 10.4. The zero-order chi connectivity index (χ0) is 20.3. The lowest BCUT2D eigenvalue weighted by molar-refractivity contribution is -0.128. The highest BCUT2D eigenvalue weighted by molar-refractivity contribution is 6.22. The quantitative estimate of drug-likeness (QED) is 0.776. The van der Waals surface area contributed by atoms with E-state index in [1.54, 1.807) is 24.3 Å². The molecule has 1 aromatic carbocycles. The maximum atomic E-state index is 13.2. The molecular formula is C24H30N2O3. The lowest BCUT2D eigenvalue weighted by atomic mass is 9.49. The minimum absolute atomic E-state index is 0.145. The number of nitrogens with one attached hydrogen (secondary N) is 1. The van der Waals surface area contributed by atoms with Crippen molar-refractivity contribution in [1.29, 1.82) is 0 Å². The molecule has 5 heteroatoms. The Kier molecular flexibility index (Phi) is 4.34. The van der Waals surface area contributed by atoms with Gasteiger partial charge in [0.25, 0.3) is 11.8 Å². The van der Waals surface area contributed by atoms with Crippen molar-refractivity contribution in [1.82, 2.24) is 10.2 Å². The smallest absolute Gasteiger partial charge is 0.262 e. The summed E-state index contributed by atoms with van der Waals surface area (Å²) in [7, 11) is 0. The largest absolute Gasteiger partial charge is 0.354 e. The van der Waals surface area contributed by atoms with Gasteiger partial charge in [0.15, 0.2) is 0 Å². The maximum Gasteiger partial charge on any atom is 0.262 e. The molecule has 1 N–H and O–H groups in total. The summed E-state index contributed by atoms with van der Waals surface area (Å²) in [5.41, 5.74) is 1.03. The Hall–Kier alpha value is -2.17. The standard InChI is InChI=1S/C24H30N2O3/c1-14(2)20(26-22(28)18-5-3-4-6-19(18)23(26)29)21(27)25-13-24-10-15-7-16(11-24)9-17(8-15)12-24/h3-6,14-17,20H,7-13H2,1-2H3,(H,25,27). The van der Waals surface area contributed by atoms with Gasteiger partial charge in [-0.25, -0.2) is 0 Å². The van der Waals surface area contributed by atoms with Gasteiger partial charge in [0.1, 0.15) is 6.04 Å². The summed E-state index contributed by atoms with van der Waals surface area (Å²) >= 11 is 0. The van der Waals surface area contributed by atoms with E-state index in [0.717, 1.165) is 17.8 Å². The molecule has 1 atom stereocenters. The van der Waals surface area contributed by atoms with E-state index in [-0.39, 0.29) is 29.1 Å². The Morgan fingerprint density at radius 1 is 1.00 bits per heavy atom. The molecule has 1 unspecified atom stereocenters. The fourth-order valence-electron chi connectivity index (χ4n) is 7.06. The Morgan fingerprint density at radius 2 is 1.48 bits per heavy atom. The van der Waals surface area contributed by atoms with Crippen LogP contribution in [0, 0.1) is 29.1 Å². The highest BCUT2D eigenvalue weighted by Gasteiger charge is 2.51. The second kappa shape index (κ2) is 6.68. The molecule has 4 saturated carbocycles. The third-order valence-corrected chi connectivity index (χ3v) is 7.81. The first kappa shape index (κ1) is 18.8. The maximum absolute atomic E-state index is 13.2. The first-order chi connectivity index (χ1) is 13.9. The summed E-state index contributed by atoms with van der Waals surface area (Å²) in [6, 6.07) is 6.08. The van der Waals surface area contributed by atoms with Gasteiger partial charge in [-0.3, -0.25) is 19.3 Å². The summed E-state index contributed by atoms with van der Waals surface area (Å²) in [6.07, 6.45) is 7.78. The van der Waals surface area contributed by atoms with Crippen molar-refractivity contribution in [2.45, 2.75) is 58.4 Å². The van der Waals surface area contributed by atoms with E-state index in [1.807, 2.05) is 13.8 Å². The molecule has 0 saturated heterocycles. The van der Waals surface area contributed by atoms with Gasteiger partial charge in [0.2, 0.25) is 5.91 Å². The number of amides is 3. The Morgan fingerprint density at radius 3 is 1.93 bits per heavy atom. The molecule has 154 valence electrons. The Labute approximate surface area is 172 Å². The first-order valence-electron chi connectivity index (χ1n) is 11.1. The Balaban J connectivity index is 1.33. The van der Waals surface area contributed by atoms with Gasteiger partial charge >= 0.3 is 0 Å². The molecule has 4 bridgehead atoms. The number of rotatable bonds is 5. The van der Waals surface area contributed by atoms with Gasteiger partial charge in [-0.2, -0.15) is 0 Å². The van der Waals surface area contributed by atoms with E-state index < -0.39 is 6.04 Å². The third-order valence-electron chi connectivity index (χ3n) is 7.81. The van der Waals surface area contributed by atoms with Crippen LogP contribution in [0.3, 0.4) is 0 Å². The first-order valence-corrected chi connectivity index (χ1v) is 11.1. The van der Waals surface area contributed by atoms with Gasteiger partial charge < -0.3 is 5.32 Å². The molecule has 0 radical (unpaired) electrons. The number of hydrogen-bond acceptors (Lipinski definition) is 3. The van der Waals surface area contributed by atoms with E-state index in [9.17, 15) is 14.4 Å². The molecule has 1 aliphatic heterocycles. The van der Waals surface area contributed by atoms with Crippen molar-refractivity contribution < 1.29 is 14.4 Å². The number of benzene rings is 1. The van der Waals surface area contributed by atoms with Crippen molar-refractivity contribution in [3.63, 3.8) is 0 Å². The van der Waals surface area contributed by atoms with Crippen LogP contribution in [0.1, 0.15) is 73.1 Å². The second-order valence-corrected chi connectivity index (χ2v) is 10.4. The number of hydrogen-bond donors (Lipinski definition) is 1. The van der Waals surface area contributed by atoms with E-state index in [1.165, 1.54) is 43.4 Å². The summed E-state index contributed by atoms with van der Waals surface area (Å²) in [5, 5.41) is 3.18. The topological polar surface area (TPSA) is 66.5 Å². The highest BCUT2D eigenvalue weighted by atomic mass is 16.2. The zero-order valence-corrected chi connectivity index (χ0v) is 17.3. The van der Waals surface area contributed by atoms with Gasteiger partial charge in [-0.1, -0.05) is 26.0 Å². The fraction of sp³-hybridized carbons (Fsp3) is 0.625. The summed E-state index contributed by atoms with van der Waals surface area (Å²) in [6.45, 7) is 4.48. The third kappa shape index (κ3) is 3.01.